The summed E-state index contributed by atoms with van der Waals surface area (Å²) < 4.78 is 5.55. The summed E-state index contributed by atoms with van der Waals surface area (Å²) in [5.41, 5.74) is 6.22. The molecule has 1 spiro atoms. The minimum absolute atomic E-state index is 0.111. The lowest BCUT2D eigenvalue weighted by molar-refractivity contribution is 0.0885. The Balaban J connectivity index is 1.42. The van der Waals surface area contributed by atoms with E-state index < -0.39 is 16.9 Å². The molecule has 0 unspecified atom stereocenters. The van der Waals surface area contributed by atoms with Gasteiger partial charge in [-0.25, -0.2) is 0 Å². The molecule has 8 rings (SSSR count). The van der Waals surface area contributed by atoms with Crippen molar-refractivity contribution in [2.45, 2.75) is 24.8 Å². The Morgan fingerprint density at radius 1 is 0.681 bits per heavy atom. The lowest BCUT2D eigenvalue weighted by atomic mass is 9.57. The number of hydrogen-bond donors (Lipinski definition) is 0. The highest BCUT2D eigenvalue weighted by Gasteiger charge is 2.62. The number of ether oxygens (including phenoxy) is 1. The molecule has 0 fully saturated rings. The maximum Gasteiger partial charge on any atom is 0.173 e. The average Bonchev–Trinajstić information content (AvgIpc) is 3.28. The van der Waals surface area contributed by atoms with Gasteiger partial charge in [-0.05, 0) is 91.9 Å². The van der Waals surface area contributed by atoms with E-state index in [2.05, 4.69) is 141 Å². The van der Waals surface area contributed by atoms with Gasteiger partial charge < -0.3 is 9.64 Å². The summed E-state index contributed by atoms with van der Waals surface area (Å²) in [7, 11) is 3.85. The van der Waals surface area contributed by atoms with Crippen LogP contribution in [0.4, 0.5) is 5.69 Å². The summed E-state index contributed by atoms with van der Waals surface area (Å²) >= 11 is 0. The monoisotopic (exact) mass is 611 g/mol. The number of likely N-dealkylation sites (N-methyl/N-ethyl adjacent to an activating group) is 1. The van der Waals surface area contributed by atoms with E-state index in [-0.39, 0.29) is 5.78 Å². The number of carbonyl (C=O) groups excluding carboxylic acids is 1. The number of para-hydroxylation sites is 1. The van der Waals surface area contributed by atoms with E-state index in [0.29, 0.717) is 0 Å². The molecule has 3 heteroatoms. The van der Waals surface area contributed by atoms with Crippen molar-refractivity contribution in [3.05, 3.63) is 168 Å². The van der Waals surface area contributed by atoms with E-state index in [4.69, 9.17) is 4.74 Å². The highest BCUT2D eigenvalue weighted by Crippen LogP contribution is 2.60. The number of methoxy groups -OCH3 is 1. The molecular weight excluding hydrogens is 574 g/mol. The molecule has 1 heterocycles. The fourth-order valence-electron chi connectivity index (χ4n) is 8.23. The van der Waals surface area contributed by atoms with E-state index in [1.165, 1.54) is 16.3 Å². The van der Waals surface area contributed by atoms with Crippen molar-refractivity contribution < 1.29 is 9.53 Å². The summed E-state index contributed by atoms with van der Waals surface area (Å²) in [6, 6.07) is 46.4. The van der Waals surface area contributed by atoms with Crippen LogP contribution in [0.5, 0.6) is 5.75 Å². The first-order chi connectivity index (χ1) is 22.8. The third-order valence-electron chi connectivity index (χ3n) is 10.7. The molecule has 0 amide bonds. The zero-order chi connectivity index (χ0) is 32.3. The minimum Gasteiger partial charge on any atom is -0.497 e. The fourth-order valence-corrected chi connectivity index (χ4v) is 8.23. The Hall–Kier alpha value is -5.41. The molecule has 3 nitrogen and oxygen atoms in total. The molecule has 0 N–H and O–H groups in total. The zero-order valence-electron chi connectivity index (χ0n) is 27.2. The standard InChI is InChI=1S/C44H37NO2/c1-43(2)39-15-9-10-16-40(39)45(3)44(43)28-36(34-19-17-29-11-5-7-13-32(29)25-34)27-38(31-21-23-37(47-4)24-22-31)41(44)42(46)35-20-18-30-12-6-8-14-33(30)26-35/h5-28,41H,1-4H3/t41-,44-/m1/s1. The molecule has 230 valence electrons. The Morgan fingerprint density at radius 3 is 1.96 bits per heavy atom. The summed E-state index contributed by atoms with van der Waals surface area (Å²) in [5.74, 6) is 0.390. The molecule has 0 saturated carbocycles. The van der Waals surface area contributed by atoms with Crippen LogP contribution in [0.1, 0.15) is 40.9 Å². The predicted octanol–water partition coefficient (Wildman–Crippen LogP) is 10.1. The third-order valence-corrected chi connectivity index (χ3v) is 10.7. The Morgan fingerprint density at radius 2 is 1.28 bits per heavy atom. The Kier molecular flexibility index (Phi) is 6.70. The van der Waals surface area contributed by atoms with Crippen LogP contribution in [-0.2, 0) is 5.41 Å². The number of carbonyl (C=O) groups is 1. The van der Waals surface area contributed by atoms with Gasteiger partial charge in [-0.3, -0.25) is 4.79 Å². The number of hydrogen-bond acceptors (Lipinski definition) is 3. The van der Waals surface area contributed by atoms with Crippen LogP contribution in [0, 0.1) is 5.92 Å². The number of rotatable bonds is 5. The number of allylic oxidation sites excluding steroid dienone is 2. The van der Waals surface area contributed by atoms with Crippen LogP contribution in [0.3, 0.4) is 0 Å². The molecule has 2 aliphatic rings. The quantitative estimate of drug-likeness (QED) is 0.182. The molecule has 0 bridgehead atoms. The van der Waals surface area contributed by atoms with Gasteiger partial charge in [0.05, 0.1) is 18.6 Å². The van der Waals surface area contributed by atoms with Crippen molar-refractivity contribution in [3.63, 3.8) is 0 Å². The topological polar surface area (TPSA) is 29.5 Å². The van der Waals surface area contributed by atoms with Gasteiger partial charge in [0.1, 0.15) is 5.75 Å². The van der Waals surface area contributed by atoms with E-state index in [1.807, 2.05) is 30.3 Å². The largest absolute Gasteiger partial charge is 0.497 e. The van der Waals surface area contributed by atoms with Gasteiger partial charge in [0.2, 0.25) is 0 Å². The van der Waals surface area contributed by atoms with Crippen LogP contribution in [-0.4, -0.2) is 25.5 Å². The second kappa shape index (κ2) is 10.8. The fraction of sp³-hybridized carbons (Fsp3) is 0.159. The maximum atomic E-state index is 15.4. The number of fused-ring (bicyclic) bond motifs is 3. The predicted molar refractivity (Wildman–Crippen MR) is 195 cm³/mol. The molecule has 6 aromatic carbocycles. The van der Waals surface area contributed by atoms with Gasteiger partial charge in [0, 0.05) is 23.7 Å². The zero-order valence-corrected chi connectivity index (χ0v) is 27.2. The van der Waals surface area contributed by atoms with E-state index in [0.717, 1.165) is 50.0 Å². The molecule has 2 atom stereocenters. The molecule has 6 aromatic rings. The molecule has 1 aliphatic carbocycles. The summed E-state index contributed by atoms with van der Waals surface area (Å²) in [4.78, 5) is 17.8. The first-order valence-electron chi connectivity index (χ1n) is 16.3. The SMILES string of the molecule is COc1ccc(C2=CC(c3ccc4ccccc4c3)=C[C@]3([C@H]2C(=O)c2ccc4ccccc4c2)N(C)c2ccccc2C3(C)C)cc1. The number of benzene rings is 6. The van der Waals surface area contributed by atoms with E-state index >= 15 is 4.79 Å². The molecular formula is C44H37NO2. The Labute approximate surface area is 276 Å². The van der Waals surface area contributed by atoms with Crippen molar-refractivity contribution in [1.82, 2.24) is 0 Å². The van der Waals surface area contributed by atoms with Crippen LogP contribution in [0.2, 0.25) is 0 Å². The summed E-state index contributed by atoms with van der Waals surface area (Å²) in [6.07, 6.45) is 4.65. The van der Waals surface area contributed by atoms with Crippen molar-refractivity contribution >= 4 is 44.2 Å². The number of Topliss-reactive ketones (excluding diaryl/α,β-unsaturated/α-hetero) is 1. The molecule has 0 radical (unpaired) electrons. The second-order valence-electron chi connectivity index (χ2n) is 13.4. The van der Waals surface area contributed by atoms with Gasteiger partial charge in [-0.2, -0.15) is 0 Å². The van der Waals surface area contributed by atoms with E-state index in [9.17, 15) is 0 Å². The molecule has 1 aliphatic heterocycles. The first-order valence-corrected chi connectivity index (χ1v) is 16.3. The maximum absolute atomic E-state index is 15.4. The second-order valence-corrected chi connectivity index (χ2v) is 13.4. The van der Waals surface area contributed by atoms with Gasteiger partial charge in [-0.1, -0.05) is 117 Å². The molecule has 0 aromatic heterocycles. The Bertz CT molecular complexity index is 2260. The van der Waals surface area contributed by atoms with Gasteiger partial charge in [0.25, 0.3) is 0 Å². The first kappa shape index (κ1) is 29.0. The highest BCUT2D eigenvalue weighted by molar-refractivity contribution is 6.11. The van der Waals surface area contributed by atoms with Gasteiger partial charge in [0.15, 0.2) is 5.78 Å². The summed E-state index contributed by atoms with van der Waals surface area (Å²) in [6.45, 7) is 4.61. The van der Waals surface area contributed by atoms with E-state index in [1.54, 1.807) is 7.11 Å². The number of nitrogens with zero attached hydrogens (tertiary/aromatic N) is 1. The summed E-state index contributed by atoms with van der Waals surface area (Å²) in [5, 5.41) is 4.58. The molecule has 47 heavy (non-hydrogen) atoms. The molecule has 0 saturated heterocycles. The van der Waals surface area contributed by atoms with Crippen molar-refractivity contribution in [3.8, 4) is 5.75 Å². The van der Waals surface area contributed by atoms with Crippen molar-refractivity contribution in [2.24, 2.45) is 5.92 Å². The van der Waals surface area contributed by atoms with Crippen LogP contribution in [0.25, 0.3) is 32.7 Å². The van der Waals surface area contributed by atoms with Gasteiger partial charge >= 0.3 is 0 Å². The van der Waals surface area contributed by atoms with Crippen LogP contribution >= 0.6 is 0 Å². The minimum atomic E-state index is -0.718. The van der Waals surface area contributed by atoms with Crippen molar-refractivity contribution in [2.75, 3.05) is 19.1 Å². The third kappa shape index (κ3) is 4.37. The van der Waals surface area contributed by atoms with Crippen LogP contribution in [0.15, 0.2) is 146 Å². The normalized spacial score (nSPS) is 19.8. The highest BCUT2D eigenvalue weighted by atomic mass is 16.5. The van der Waals surface area contributed by atoms with Crippen molar-refractivity contribution in [1.29, 1.82) is 0 Å². The average molecular weight is 612 g/mol. The van der Waals surface area contributed by atoms with Gasteiger partial charge in [-0.15, -0.1) is 0 Å². The lowest BCUT2D eigenvalue weighted by Gasteiger charge is -2.52. The lowest BCUT2D eigenvalue weighted by Crippen LogP contribution is -2.61. The number of anilines is 1. The van der Waals surface area contributed by atoms with Crippen LogP contribution < -0.4 is 9.64 Å². The number of ketones is 1. The smallest absolute Gasteiger partial charge is 0.173 e.